The van der Waals surface area contributed by atoms with Crippen molar-refractivity contribution in [2.24, 2.45) is 11.8 Å². The van der Waals surface area contributed by atoms with E-state index in [9.17, 15) is 0 Å². The van der Waals surface area contributed by atoms with Gasteiger partial charge in [0.2, 0.25) is 0 Å². The maximum Gasteiger partial charge on any atom is 0.164 e. The van der Waals surface area contributed by atoms with Crippen molar-refractivity contribution >= 4 is 0 Å². The molecule has 0 aromatic heterocycles. The van der Waals surface area contributed by atoms with E-state index in [1.54, 1.807) is 0 Å². The molecule has 2 heterocycles. The number of allylic oxidation sites excluding steroid dienone is 1. The molecule has 3 nitrogen and oxygen atoms in total. The summed E-state index contributed by atoms with van der Waals surface area (Å²) < 4.78 is 19.2. The van der Waals surface area contributed by atoms with Crippen LogP contribution < -0.4 is 0 Å². The molecule has 2 saturated carbocycles. The Labute approximate surface area is 121 Å². The van der Waals surface area contributed by atoms with E-state index in [-0.39, 0.29) is 11.7 Å². The van der Waals surface area contributed by atoms with E-state index in [1.165, 1.54) is 12.8 Å². The second-order valence-corrected chi connectivity index (χ2v) is 7.25. The summed E-state index contributed by atoms with van der Waals surface area (Å²) >= 11 is 0. The van der Waals surface area contributed by atoms with Crippen LogP contribution >= 0.6 is 0 Å². The van der Waals surface area contributed by atoms with E-state index < -0.39 is 11.4 Å². The van der Waals surface area contributed by atoms with Crippen molar-refractivity contribution in [2.75, 3.05) is 0 Å². The SMILES string of the molecule is C=C[C@@]12CCC[C@@H]3[C@H](CC[C@@H]4OC(C)(C)O[C@]431)C(=C)O2. The predicted molar refractivity (Wildman–Crippen MR) is 76.0 cm³/mol. The van der Waals surface area contributed by atoms with Crippen molar-refractivity contribution in [1.29, 1.82) is 0 Å². The molecule has 0 aromatic carbocycles. The Bertz CT molecular complexity index is 483. The van der Waals surface area contributed by atoms with Gasteiger partial charge in [0, 0.05) is 11.8 Å². The van der Waals surface area contributed by atoms with E-state index in [0.717, 1.165) is 25.0 Å². The molecule has 0 amide bonds. The highest BCUT2D eigenvalue weighted by atomic mass is 16.8. The Morgan fingerprint density at radius 1 is 1.25 bits per heavy atom. The molecule has 2 aliphatic heterocycles. The fourth-order valence-electron chi connectivity index (χ4n) is 5.34. The van der Waals surface area contributed by atoms with Gasteiger partial charge < -0.3 is 14.2 Å². The molecule has 4 rings (SSSR count). The molecule has 0 radical (unpaired) electrons. The molecule has 2 saturated heterocycles. The van der Waals surface area contributed by atoms with Crippen molar-refractivity contribution in [1.82, 2.24) is 0 Å². The highest BCUT2D eigenvalue weighted by Gasteiger charge is 2.74. The van der Waals surface area contributed by atoms with E-state index in [1.807, 2.05) is 19.9 Å². The number of ether oxygens (including phenoxy) is 3. The number of hydrogen-bond acceptors (Lipinski definition) is 3. The Kier molecular flexibility index (Phi) is 2.38. The minimum atomic E-state index is -0.536. The first-order chi connectivity index (χ1) is 9.44. The quantitative estimate of drug-likeness (QED) is 0.685. The lowest BCUT2D eigenvalue weighted by molar-refractivity contribution is -0.276. The summed E-state index contributed by atoms with van der Waals surface area (Å²) in [7, 11) is 0. The van der Waals surface area contributed by atoms with Crippen LogP contribution in [0.15, 0.2) is 25.0 Å². The maximum absolute atomic E-state index is 6.56. The lowest BCUT2D eigenvalue weighted by Crippen LogP contribution is -2.72. The zero-order chi connectivity index (χ0) is 14.2. The fourth-order valence-corrected chi connectivity index (χ4v) is 5.34. The third kappa shape index (κ3) is 1.29. The van der Waals surface area contributed by atoms with Gasteiger partial charge in [0.15, 0.2) is 11.4 Å². The molecule has 0 aromatic rings. The Morgan fingerprint density at radius 2 is 2.05 bits per heavy atom. The second-order valence-electron chi connectivity index (χ2n) is 7.25. The molecule has 4 aliphatic rings. The van der Waals surface area contributed by atoms with Gasteiger partial charge in [-0.05, 0) is 52.0 Å². The topological polar surface area (TPSA) is 27.7 Å². The van der Waals surface area contributed by atoms with Gasteiger partial charge in [-0.15, -0.1) is 0 Å². The van der Waals surface area contributed by atoms with Gasteiger partial charge in [0.1, 0.15) is 5.60 Å². The first-order valence-corrected chi connectivity index (χ1v) is 7.83. The van der Waals surface area contributed by atoms with Gasteiger partial charge in [0.25, 0.3) is 0 Å². The van der Waals surface area contributed by atoms with Gasteiger partial charge in [-0.2, -0.15) is 0 Å². The minimum absolute atomic E-state index is 0.116. The van der Waals surface area contributed by atoms with Crippen LogP contribution in [0.25, 0.3) is 0 Å². The molecule has 110 valence electrons. The number of hydrogen-bond donors (Lipinski definition) is 0. The van der Waals surface area contributed by atoms with Gasteiger partial charge in [-0.25, -0.2) is 0 Å². The fraction of sp³-hybridized carbons (Fsp3) is 0.765. The summed E-state index contributed by atoms with van der Waals surface area (Å²) in [5, 5.41) is 0. The van der Waals surface area contributed by atoms with Crippen LogP contribution in [0, 0.1) is 11.8 Å². The van der Waals surface area contributed by atoms with Gasteiger partial charge in [-0.1, -0.05) is 13.2 Å². The van der Waals surface area contributed by atoms with Crippen molar-refractivity contribution < 1.29 is 14.2 Å². The lowest BCUT2D eigenvalue weighted by Gasteiger charge is -2.63. The van der Waals surface area contributed by atoms with Crippen LogP contribution in [0.4, 0.5) is 0 Å². The summed E-state index contributed by atoms with van der Waals surface area (Å²) in [5.74, 6) is 1.27. The first-order valence-electron chi connectivity index (χ1n) is 7.83. The van der Waals surface area contributed by atoms with Crippen molar-refractivity contribution in [2.45, 2.75) is 69.0 Å². The Morgan fingerprint density at radius 3 is 2.80 bits per heavy atom. The Balaban J connectivity index is 1.91. The standard InChI is InChI=1S/C17H24O3/c1-5-16-10-6-7-13-12(11(2)18-16)8-9-14-17(13,16)20-15(3,4)19-14/h5,12-14H,1-2,6-10H2,3-4H3/t12-,13-,14+,16-,17+/m1/s1. The Hall–Kier alpha value is -0.800. The van der Waals surface area contributed by atoms with Crippen molar-refractivity contribution in [3.8, 4) is 0 Å². The monoisotopic (exact) mass is 276 g/mol. The molecule has 4 bridgehead atoms. The zero-order valence-electron chi connectivity index (χ0n) is 12.5. The molecule has 0 N–H and O–H groups in total. The smallest absolute Gasteiger partial charge is 0.164 e. The largest absolute Gasteiger partial charge is 0.485 e. The molecule has 0 unspecified atom stereocenters. The van der Waals surface area contributed by atoms with Gasteiger partial charge >= 0.3 is 0 Å². The third-order valence-electron chi connectivity index (χ3n) is 5.88. The second kappa shape index (κ2) is 3.69. The van der Waals surface area contributed by atoms with Crippen LogP contribution in [0.2, 0.25) is 0 Å². The highest BCUT2D eigenvalue weighted by Crippen LogP contribution is 2.65. The van der Waals surface area contributed by atoms with E-state index in [2.05, 4.69) is 13.2 Å². The minimum Gasteiger partial charge on any atom is -0.485 e. The predicted octanol–water partition coefficient (Wildman–Crippen LogP) is 3.56. The third-order valence-corrected chi connectivity index (χ3v) is 5.88. The molecular formula is C17H24O3. The average molecular weight is 276 g/mol. The molecular weight excluding hydrogens is 252 g/mol. The van der Waals surface area contributed by atoms with Crippen LogP contribution in [0.5, 0.6) is 0 Å². The van der Waals surface area contributed by atoms with Gasteiger partial charge in [0.05, 0.1) is 11.9 Å². The van der Waals surface area contributed by atoms with Crippen LogP contribution in [0.3, 0.4) is 0 Å². The molecule has 20 heavy (non-hydrogen) atoms. The van der Waals surface area contributed by atoms with Crippen molar-refractivity contribution in [3.63, 3.8) is 0 Å². The van der Waals surface area contributed by atoms with Gasteiger partial charge in [-0.3, -0.25) is 0 Å². The van der Waals surface area contributed by atoms with Crippen LogP contribution in [-0.2, 0) is 14.2 Å². The molecule has 1 spiro atoms. The molecule has 2 aliphatic carbocycles. The average Bonchev–Trinajstić information content (AvgIpc) is 2.65. The molecule has 4 fully saturated rings. The van der Waals surface area contributed by atoms with Crippen LogP contribution in [0.1, 0.15) is 46.0 Å². The van der Waals surface area contributed by atoms with Crippen LogP contribution in [-0.4, -0.2) is 23.1 Å². The first kappa shape index (κ1) is 12.9. The normalized spacial score (nSPS) is 52.1. The maximum atomic E-state index is 6.56. The zero-order valence-corrected chi connectivity index (χ0v) is 12.5. The summed E-state index contributed by atoms with van der Waals surface area (Å²) in [6.07, 6.45) is 7.51. The van der Waals surface area contributed by atoms with E-state index >= 15 is 0 Å². The van der Waals surface area contributed by atoms with Crippen molar-refractivity contribution in [3.05, 3.63) is 25.0 Å². The summed E-state index contributed by atoms with van der Waals surface area (Å²) in [6, 6.07) is 0. The highest BCUT2D eigenvalue weighted by molar-refractivity contribution is 5.30. The molecule has 3 heteroatoms. The lowest BCUT2D eigenvalue weighted by atomic mass is 9.53. The summed E-state index contributed by atoms with van der Waals surface area (Å²) in [4.78, 5) is 0. The molecule has 5 atom stereocenters. The number of rotatable bonds is 1. The van der Waals surface area contributed by atoms with E-state index in [0.29, 0.717) is 11.8 Å². The van der Waals surface area contributed by atoms with E-state index in [4.69, 9.17) is 14.2 Å². The summed E-state index contributed by atoms with van der Waals surface area (Å²) in [5.41, 5.74) is -0.817. The summed E-state index contributed by atoms with van der Waals surface area (Å²) in [6.45, 7) is 12.3.